The Morgan fingerprint density at radius 2 is 1.86 bits per heavy atom. The fourth-order valence-corrected chi connectivity index (χ4v) is 7.54. The molecule has 1 amide bonds. The van der Waals surface area contributed by atoms with E-state index in [0.717, 1.165) is 36.5 Å². The molecule has 0 spiro atoms. The van der Waals surface area contributed by atoms with Gasteiger partial charge in [0, 0.05) is 16.5 Å². The Balaban J connectivity index is 1.47. The molecule has 6 rings (SSSR count). The smallest absolute Gasteiger partial charge is 0.274 e. The number of carbonyl (C=O) groups excluding carboxylic acids is 1. The highest BCUT2D eigenvalue weighted by molar-refractivity contribution is 8.20. The number of amides is 1. The van der Waals surface area contributed by atoms with Gasteiger partial charge in [-0.25, -0.2) is 14.4 Å². The highest BCUT2D eigenvalue weighted by atomic mass is 35.5. The number of amidine groups is 1. The number of halogens is 2. The molecule has 36 heavy (non-hydrogen) atoms. The monoisotopic (exact) mass is 552 g/mol. The van der Waals surface area contributed by atoms with Crippen LogP contribution in [-0.2, 0) is 4.79 Å². The second-order valence-electron chi connectivity index (χ2n) is 8.09. The Bertz CT molecular complexity index is 1600. The van der Waals surface area contributed by atoms with Crippen molar-refractivity contribution in [1.82, 2.24) is 4.98 Å². The van der Waals surface area contributed by atoms with Gasteiger partial charge < -0.3 is 4.90 Å². The van der Waals surface area contributed by atoms with Gasteiger partial charge >= 0.3 is 0 Å². The van der Waals surface area contributed by atoms with E-state index >= 15 is 0 Å². The second-order valence-corrected chi connectivity index (χ2v) is 11.8. The molecule has 0 saturated carbocycles. The quantitative estimate of drug-likeness (QED) is 0.241. The fraction of sp³-hybridized carbons (Fsp3) is 0.115. The van der Waals surface area contributed by atoms with Crippen molar-refractivity contribution in [3.63, 3.8) is 0 Å². The number of aliphatic imine (C=N–C) groups is 1. The topological polar surface area (TPSA) is 48.8 Å². The summed E-state index contributed by atoms with van der Waals surface area (Å²) in [6.45, 7) is 4.69. The predicted octanol–water partition coefficient (Wildman–Crippen LogP) is 7.97. The lowest BCUT2D eigenvalue weighted by Crippen LogP contribution is -2.29. The molecule has 4 aromatic rings. The van der Waals surface area contributed by atoms with E-state index in [2.05, 4.69) is 9.88 Å². The zero-order chi connectivity index (χ0) is 25.0. The van der Waals surface area contributed by atoms with Crippen molar-refractivity contribution >= 4 is 84.8 Å². The molecule has 5 nitrogen and oxygen atoms in total. The van der Waals surface area contributed by atoms with Crippen LogP contribution in [0.3, 0.4) is 0 Å². The average molecular weight is 553 g/mol. The molecule has 0 N–H and O–H groups in total. The molecule has 2 aliphatic rings. The molecule has 0 aliphatic carbocycles. The molecular formula is C26H18ClFN4OS3. The van der Waals surface area contributed by atoms with E-state index < -0.39 is 0 Å². The van der Waals surface area contributed by atoms with Crippen molar-refractivity contribution in [2.24, 2.45) is 4.99 Å². The van der Waals surface area contributed by atoms with Gasteiger partial charge in [0.15, 0.2) is 5.17 Å². The Morgan fingerprint density at radius 3 is 2.64 bits per heavy atom. The third-order valence-corrected chi connectivity index (χ3v) is 9.25. The van der Waals surface area contributed by atoms with Crippen LogP contribution in [-0.4, -0.2) is 22.6 Å². The van der Waals surface area contributed by atoms with Crippen molar-refractivity contribution in [1.29, 1.82) is 0 Å². The molecule has 2 aliphatic heterocycles. The molecular weight excluding hydrogens is 535 g/mol. The molecule has 1 saturated heterocycles. The zero-order valence-electron chi connectivity index (χ0n) is 19.2. The van der Waals surface area contributed by atoms with Gasteiger partial charge in [0.1, 0.15) is 15.8 Å². The number of carbonyl (C=O) groups is 1. The summed E-state index contributed by atoms with van der Waals surface area (Å²) < 4.78 is 14.7. The lowest BCUT2D eigenvalue weighted by Gasteiger charge is -2.19. The van der Waals surface area contributed by atoms with E-state index in [1.807, 2.05) is 50.2 Å². The fourth-order valence-electron chi connectivity index (χ4n) is 4.14. The average Bonchev–Trinajstić information content (AvgIpc) is 3.51. The van der Waals surface area contributed by atoms with Gasteiger partial charge in [-0.3, -0.25) is 9.69 Å². The number of aryl methyl sites for hydroxylation is 1. The summed E-state index contributed by atoms with van der Waals surface area (Å²) in [6, 6.07) is 17.5. The predicted molar refractivity (Wildman–Crippen MR) is 150 cm³/mol. The van der Waals surface area contributed by atoms with Gasteiger partial charge in [0.25, 0.3) is 5.91 Å². The van der Waals surface area contributed by atoms with Crippen molar-refractivity contribution in [2.45, 2.75) is 18.7 Å². The highest BCUT2D eigenvalue weighted by Crippen LogP contribution is 2.51. The number of anilines is 2. The number of hydrogen-bond donors (Lipinski definition) is 0. The highest BCUT2D eigenvalue weighted by Gasteiger charge is 2.40. The number of thioether (sulfide) groups is 2. The first-order valence-electron chi connectivity index (χ1n) is 11.1. The molecule has 0 radical (unpaired) electrons. The van der Waals surface area contributed by atoms with Crippen LogP contribution >= 0.6 is 46.5 Å². The summed E-state index contributed by atoms with van der Waals surface area (Å²) in [7, 11) is 0. The minimum atomic E-state index is -0.364. The Morgan fingerprint density at radius 1 is 1.06 bits per heavy atom. The summed E-state index contributed by atoms with van der Waals surface area (Å²) in [6.07, 6.45) is 0. The molecule has 0 bridgehead atoms. The molecule has 1 aromatic heterocycles. The van der Waals surface area contributed by atoms with Crippen LogP contribution in [0.25, 0.3) is 10.2 Å². The normalized spacial score (nSPS) is 18.7. The first kappa shape index (κ1) is 23.5. The molecule has 3 aromatic carbocycles. The van der Waals surface area contributed by atoms with E-state index in [1.165, 1.54) is 23.9 Å². The zero-order valence-corrected chi connectivity index (χ0v) is 22.4. The maximum atomic E-state index is 13.9. The van der Waals surface area contributed by atoms with Crippen LogP contribution in [0.5, 0.6) is 0 Å². The number of aromatic nitrogens is 1. The third-order valence-electron chi connectivity index (χ3n) is 5.74. The van der Waals surface area contributed by atoms with Crippen molar-refractivity contribution in [3.05, 3.63) is 86.4 Å². The van der Waals surface area contributed by atoms with Gasteiger partial charge in [-0.15, -0.1) is 11.3 Å². The van der Waals surface area contributed by atoms with Gasteiger partial charge in [-0.2, -0.15) is 0 Å². The first-order chi connectivity index (χ1) is 17.4. The van der Waals surface area contributed by atoms with E-state index in [0.29, 0.717) is 27.3 Å². The number of rotatable bonds is 3. The molecule has 0 atom stereocenters. The maximum Gasteiger partial charge on any atom is 0.274 e. The number of fused-ring (bicyclic) bond motifs is 2. The molecule has 180 valence electrons. The number of benzene rings is 3. The Hall–Kier alpha value is -2.85. The maximum absolute atomic E-state index is 13.9. The van der Waals surface area contributed by atoms with Gasteiger partial charge in [0.2, 0.25) is 0 Å². The lowest BCUT2D eigenvalue weighted by molar-refractivity contribution is -0.113. The first-order valence-corrected chi connectivity index (χ1v) is 14.0. The van der Waals surface area contributed by atoms with E-state index in [9.17, 15) is 9.18 Å². The van der Waals surface area contributed by atoms with Crippen molar-refractivity contribution in [3.8, 4) is 0 Å². The van der Waals surface area contributed by atoms with Crippen LogP contribution in [0.15, 0.2) is 80.5 Å². The van der Waals surface area contributed by atoms with E-state index in [1.54, 1.807) is 40.1 Å². The van der Waals surface area contributed by atoms with Crippen LogP contribution < -0.4 is 9.80 Å². The summed E-state index contributed by atoms with van der Waals surface area (Å²) in [5, 5.41) is 2.99. The van der Waals surface area contributed by atoms with Crippen LogP contribution in [0.1, 0.15) is 11.9 Å². The summed E-state index contributed by atoms with van der Waals surface area (Å²) in [4.78, 5) is 28.5. The minimum absolute atomic E-state index is 0.195. The van der Waals surface area contributed by atoms with Crippen LogP contribution in [0.4, 0.5) is 21.5 Å². The molecule has 1 fully saturated rings. The van der Waals surface area contributed by atoms with Gasteiger partial charge in [-0.1, -0.05) is 23.4 Å². The Kier molecular flexibility index (Phi) is 6.03. The third kappa shape index (κ3) is 4.10. The number of thiazole rings is 1. The largest absolute Gasteiger partial charge is 0.334 e. The van der Waals surface area contributed by atoms with Gasteiger partial charge in [0.05, 0.1) is 32.3 Å². The molecule has 0 unspecified atom stereocenters. The van der Waals surface area contributed by atoms with Crippen molar-refractivity contribution < 1.29 is 9.18 Å². The standard InChI is InChI=1S/C26H18ClFN4OS3/c1-3-31-20-12-15(27)4-11-21(20)35-25(31)23-24(33)32(18-8-5-16(28)6-9-18)26(36-23)30-17-7-10-19-22(13-17)34-14(2)29-19/h4-13H,3H2,1-2H3. The SMILES string of the molecule is CCN1C(=C2SC(=Nc3ccc4nc(C)sc4c3)N(c3ccc(F)cc3)C2=O)Sc2ccc(Cl)cc21. The summed E-state index contributed by atoms with van der Waals surface area (Å²) in [5.74, 6) is -0.558. The minimum Gasteiger partial charge on any atom is -0.334 e. The van der Waals surface area contributed by atoms with Crippen LogP contribution in [0.2, 0.25) is 5.02 Å². The summed E-state index contributed by atoms with van der Waals surface area (Å²) in [5.41, 5.74) is 3.19. The second kappa shape index (κ2) is 9.23. The molecule has 3 heterocycles. The van der Waals surface area contributed by atoms with E-state index in [4.69, 9.17) is 16.6 Å². The lowest BCUT2D eigenvalue weighted by atomic mass is 10.2. The number of hydrogen-bond acceptors (Lipinski definition) is 7. The van der Waals surface area contributed by atoms with Crippen LogP contribution in [0, 0.1) is 12.7 Å². The number of nitrogens with zero attached hydrogens (tertiary/aromatic N) is 4. The van der Waals surface area contributed by atoms with Crippen molar-refractivity contribution in [2.75, 3.05) is 16.3 Å². The summed E-state index contributed by atoms with van der Waals surface area (Å²) >= 11 is 10.7. The van der Waals surface area contributed by atoms with E-state index in [-0.39, 0.29) is 11.7 Å². The molecule has 10 heteroatoms. The Labute approximate surface area is 224 Å². The van der Waals surface area contributed by atoms with Gasteiger partial charge in [-0.05, 0) is 86.3 Å².